The predicted octanol–water partition coefficient (Wildman–Crippen LogP) is 1.45. The molecule has 0 aliphatic carbocycles. The Hall–Kier alpha value is -2.81. The van der Waals surface area contributed by atoms with Crippen molar-refractivity contribution in [1.82, 2.24) is 29.9 Å². The number of hydrogen-bond donors (Lipinski definition) is 0. The Kier molecular flexibility index (Phi) is 3.92. The van der Waals surface area contributed by atoms with Crippen LogP contribution < -0.4 is 0 Å². The van der Waals surface area contributed by atoms with Crippen LogP contribution in [0, 0.1) is 0 Å². The van der Waals surface area contributed by atoms with Gasteiger partial charge in [-0.25, -0.2) is 0 Å². The van der Waals surface area contributed by atoms with Crippen LogP contribution in [0.1, 0.15) is 48.0 Å². The van der Waals surface area contributed by atoms with Crippen molar-refractivity contribution in [3.63, 3.8) is 0 Å². The maximum atomic E-state index is 12.9. The predicted molar refractivity (Wildman–Crippen MR) is 86.0 cm³/mol. The number of fused-ring (bicyclic) bond motifs is 1. The van der Waals surface area contributed by atoms with E-state index in [2.05, 4.69) is 20.4 Å². The van der Waals surface area contributed by atoms with Crippen LogP contribution in [0.25, 0.3) is 5.52 Å². The number of ether oxygens (including phenoxy) is 1. The Morgan fingerprint density at radius 1 is 1.32 bits per heavy atom. The van der Waals surface area contributed by atoms with E-state index in [0.29, 0.717) is 42.6 Å². The second kappa shape index (κ2) is 6.25. The van der Waals surface area contributed by atoms with E-state index in [1.54, 1.807) is 23.4 Å². The number of rotatable bonds is 3. The summed E-state index contributed by atoms with van der Waals surface area (Å²) < 4.78 is 12.8. The minimum absolute atomic E-state index is 0.111. The monoisotopic (exact) mass is 342 g/mol. The summed E-state index contributed by atoms with van der Waals surface area (Å²) in [5.74, 6) is 1.01. The summed E-state index contributed by atoms with van der Waals surface area (Å²) >= 11 is 0. The van der Waals surface area contributed by atoms with Gasteiger partial charge in [0.2, 0.25) is 11.8 Å². The maximum absolute atomic E-state index is 12.9. The first-order valence-electron chi connectivity index (χ1n) is 8.16. The summed E-state index contributed by atoms with van der Waals surface area (Å²) in [5.41, 5.74) is 1.19. The van der Waals surface area contributed by atoms with Crippen LogP contribution in [-0.2, 0) is 4.74 Å². The number of morpholine rings is 1. The lowest BCUT2D eigenvalue weighted by Crippen LogP contribution is -2.42. The first-order chi connectivity index (χ1) is 12.1. The number of nitrogens with zero attached hydrogens (tertiary/aromatic N) is 6. The van der Waals surface area contributed by atoms with Gasteiger partial charge < -0.3 is 14.1 Å². The molecule has 9 nitrogen and oxygen atoms in total. The van der Waals surface area contributed by atoms with Crippen LogP contribution in [0.5, 0.6) is 0 Å². The van der Waals surface area contributed by atoms with Gasteiger partial charge in [0.15, 0.2) is 6.10 Å². The molecule has 9 heteroatoms. The molecule has 4 rings (SSSR count). The summed E-state index contributed by atoms with van der Waals surface area (Å²) in [6, 6.07) is 3.60. The molecule has 1 aliphatic heterocycles. The Bertz CT molecular complexity index is 902. The third-order valence-corrected chi connectivity index (χ3v) is 4.11. The highest BCUT2D eigenvalue weighted by Crippen LogP contribution is 2.24. The van der Waals surface area contributed by atoms with Crippen molar-refractivity contribution in [2.45, 2.75) is 25.9 Å². The number of carbonyl (C=O) groups excluding carboxylic acids is 1. The summed E-state index contributed by atoms with van der Waals surface area (Å²) in [5, 5.41) is 16.3. The SMILES string of the molecule is CC(C)c1nnc(C2CN(C(=O)c3cnn4ncccc34)CCO2)o1. The average molecular weight is 342 g/mol. The molecule has 0 N–H and O–H groups in total. The molecule has 3 aromatic heterocycles. The zero-order valence-corrected chi connectivity index (χ0v) is 14.0. The fourth-order valence-corrected chi connectivity index (χ4v) is 2.76. The van der Waals surface area contributed by atoms with Crippen molar-refractivity contribution in [2.24, 2.45) is 0 Å². The van der Waals surface area contributed by atoms with Gasteiger partial charge >= 0.3 is 0 Å². The van der Waals surface area contributed by atoms with Gasteiger partial charge in [-0.2, -0.15) is 14.8 Å². The molecule has 0 bridgehead atoms. The topological polar surface area (TPSA) is 98.7 Å². The Morgan fingerprint density at radius 2 is 2.20 bits per heavy atom. The van der Waals surface area contributed by atoms with Crippen molar-refractivity contribution in [2.75, 3.05) is 19.7 Å². The summed E-state index contributed by atoms with van der Waals surface area (Å²) in [7, 11) is 0. The van der Waals surface area contributed by atoms with Gasteiger partial charge in [0, 0.05) is 18.7 Å². The second-order valence-electron chi connectivity index (χ2n) is 6.20. The first kappa shape index (κ1) is 15.7. The van der Waals surface area contributed by atoms with Gasteiger partial charge in [-0.05, 0) is 12.1 Å². The third kappa shape index (κ3) is 2.86. The van der Waals surface area contributed by atoms with E-state index in [1.807, 2.05) is 19.9 Å². The molecular formula is C16H18N6O3. The van der Waals surface area contributed by atoms with Crippen molar-refractivity contribution in [1.29, 1.82) is 0 Å². The highest BCUT2D eigenvalue weighted by atomic mass is 16.5. The van der Waals surface area contributed by atoms with Gasteiger partial charge in [-0.15, -0.1) is 10.2 Å². The molecule has 1 atom stereocenters. The van der Waals surface area contributed by atoms with E-state index in [9.17, 15) is 4.79 Å². The van der Waals surface area contributed by atoms with Crippen molar-refractivity contribution < 1.29 is 13.9 Å². The average Bonchev–Trinajstić information content (AvgIpc) is 3.28. The molecule has 3 aromatic rings. The fourth-order valence-electron chi connectivity index (χ4n) is 2.76. The largest absolute Gasteiger partial charge is 0.422 e. The van der Waals surface area contributed by atoms with E-state index in [4.69, 9.17) is 9.15 Å². The molecule has 1 amide bonds. The van der Waals surface area contributed by atoms with E-state index in [-0.39, 0.29) is 11.8 Å². The van der Waals surface area contributed by atoms with Gasteiger partial charge in [0.05, 0.1) is 24.9 Å². The minimum Gasteiger partial charge on any atom is -0.422 e. The van der Waals surface area contributed by atoms with Crippen molar-refractivity contribution >= 4 is 11.4 Å². The van der Waals surface area contributed by atoms with Crippen LogP contribution in [0.15, 0.2) is 28.9 Å². The third-order valence-electron chi connectivity index (χ3n) is 4.11. The lowest BCUT2D eigenvalue weighted by atomic mass is 10.2. The van der Waals surface area contributed by atoms with E-state index in [0.717, 1.165) is 0 Å². The molecule has 1 fully saturated rings. The number of carbonyl (C=O) groups is 1. The van der Waals surface area contributed by atoms with Gasteiger partial charge in [-0.3, -0.25) is 4.79 Å². The van der Waals surface area contributed by atoms with Crippen molar-refractivity contribution in [3.8, 4) is 0 Å². The van der Waals surface area contributed by atoms with E-state index in [1.165, 1.54) is 4.63 Å². The van der Waals surface area contributed by atoms with Crippen LogP contribution >= 0.6 is 0 Å². The summed E-state index contributed by atoms with van der Waals surface area (Å²) in [4.78, 5) is 14.6. The molecule has 0 aromatic carbocycles. The van der Waals surface area contributed by atoms with E-state index < -0.39 is 6.10 Å². The van der Waals surface area contributed by atoms with Gasteiger partial charge in [-0.1, -0.05) is 13.8 Å². The summed E-state index contributed by atoms with van der Waals surface area (Å²) in [6.07, 6.45) is 2.75. The number of aromatic nitrogens is 5. The molecule has 25 heavy (non-hydrogen) atoms. The van der Waals surface area contributed by atoms with Crippen LogP contribution in [0.3, 0.4) is 0 Å². The highest BCUT2D eigenvalue weighted by Gasteiger charge is 2.31. The normalized spacial score (nSPS) is 18.2. The molecule has 0 radical (unpaired) electrons. The molecule has 1 saturated heterocycles. The smallest absolute Gasteiger partial charge is 0.257 e. The first-order valence-corrected chi connectivity index (χ1v) is 8.16. The molecule has 1 unspecified atom stereocenters. The minimum atomic E-state index is -0.419. The highest BCUT2D eigenvalue weighted by molar-refractivity contribution is 6.00. The zero-order valence-electron chi connectivity index (χ0n) is 14.0. The van der Waals surface area contributed by atoms with Crippen LogP contribution in [0.2, 0.25) is 0 Å². The maximum Gasteiger partial charge on any atom is 0.257 e. The standard InChI is InChI=1S/C16H18N6O3/c1-10(2)14-19-20-15(25-14)13-9-21(6-7-24-13)16(23)11-8-18-22-12(11)4-3-5-17-22/h3-5,8,10,13H,6-7,9H2,1-2H3. The zero-order chi connectivity index (χ0) is 17.4. The number of amides is 1. The van der Waals surface area contributed by atoms with E-state index >= 15 is 0 Å². The van der Waals surface area contributed by atoms with Crippen molar-refractivity contribution in [3.05, 3.63) is 41.9 Å². The molecule has 130 valence electrons. The Balaban J connectivity index is 1.55. The Morgan fingerprint density at radius 3 is 3.00 bits per heavy atom. The molecule has 4 heterocycles. The second-order valence-corrected chi connectivity index (χ2v) is 6.20. The lowest BCUT2D eigenvalue weighted by molar-refractivity contribution is -0.0350. The summed E-state index contributed by atoms with van der Waals surface area (Å²) in [6.45, 7) is 5.23. The molecule has 1 aliphatic rings. The lowest BCUT2D eigenvalue weighted by Gasteiger charge is -2.31. The molecule has 0 saturated carbocycles. The number of hydrogen-bond acceptors (Lipinski definition) is 7. The van der Waals surface area contributed by atoms with Crippen LogP contribution in [-0.4, -0.2) is 55.5 Å². The fraction of sp³-hybridized carbons (Fsp3) is 0.438. The quantitative estimate of drug-likeness (QED) is 0.710. The Labute approximate surface area is 143 Å². The van der Waals surface area contributed by atoms with Gasteiger partial charge in [0.1, 0.15) is 5.52 Å². The molecule has 0 spiro atoms. The van der Waals surface area contributed by atoms with Crippen LogP contribution in [0.4, 0.5) is 0 Å². The van der Waals surface area contributed by atoms with Gasteiger partial charge in [0.25, 0.3) is 5.91 Å². The molecular weight excluding hydrogens is 324 g/mol.